The average Bonchev–Trinajstić information content (AvgIpc) is 2.12. The van der Waals surface area contributed by atoms with Crippen LogP contribution in [0.3, 0.4) is 0 Å². The highest BCUT2D eigenvalue weighted by Crippen LogP contribution is 2.17. The number of benzene rings is 1. The molecule has 2 nitrogen and oxygen atoms in total. The Balaban J connectivity index is 3.33. The van der Waals surface area contributed by atoms with Crippen LogP contribution in [0.4, 0.5) is 14.5 Å². The number of carbonyl (C=O) groups is 1. The van der Waals surface area contributed by atoms with E-state index in [2.05, 4.69) is 5.92 Å². The lowest BCUT2D eigenvalue weighted by Crippen LogP contribution is -1.96. The molecule has 1 rings (SSSR count). The van der Waals surface area contributed by atoms with Crippen molar-refractivity contribution in [3.05, 3.63) is 29.3 Å². The van der Waals surface area contributed by atoms with Gasteiger partial charge in [-0.25, -0.2) is 8.78 Å². The number of anilines is 1. The third-order valence-corrected chi connectivity index (χ3v) is 1.38. The summed E-state index contributed by atoms with van der Waals surface area (Å²) in [4.78, 5) is 9.86. The second kappa shape index (κ2) is 3.68. The van der Waals surface area contributed by atoms with Crippen LogP contribution in [0, 0.1) is 23.5 Å². The molecule has 66 valence electrons. The molecule has 0 spiro atoms. The summed E-state index contributed by atoms with van der Waals surface area (Å²) in [6, 6.07) is 2.09. The van der Waals surface area contributed by atoms with E-state index < -0.39 is 11.6 Å². The van der Waals surface area contributed by atoms with Gasteiger partial charge < -0.3 is 5.73 Å². The molecule has 0 fully saturated rings. The number of nitrogen functional groups attached to an aromatic ring is 1. The zero-order valence-corrected chi connectivity index (χ0v) is 6.47. The van der Waals surface area contributed by atoms with Crippen LogP contribution < -0.4 is 5.73 Å². The van der Waals surface area contributed by atoms with E-state index in [1.807, 2.05) is 5.92 Å². The molecule has 0 saturated heterocycles. The van der Waals surface area contributed by atoms with Gasteiger partial charge in [-0.2, -0.15) is 0 Å². The molecule has 0 saturated carbocycles. The zero-order valence-electron chi connectivity index (χ0n) is 6.47. The van der Waals surface area contributed by atoms with Gasteiger partial charge in [0.1, 0.15) is 0 Å². The Morgan fingerprint density at radius 1 is 1.38 bits per heavy atom. The SMILES string of the molecule is Nc1ccc(F)c(F)c1C#CC=O. The standard InChI is InChI=1S/C9H5F2NO/c10-7-3-4-8(12)6(9(7)11)2-1-5-13/h3-5H,12H2. The van der Waals surface area contributed by atoms with Crippen LogP contribution in [-0.2, 0) is 4.79 Å². The topological polar surface area (TPSA) is 43.1 Å². The van der Waals surface area contributed by atoms with Gasteiger partial charge in [-0.1, -0.05) is 5.92 Å². The lowest BCUT2D eigenvalue weighted by molar-refractivity contribution is -0.103. The second-order valence-corrected chi connectivity index (χ2v) is 2.21. The molecular formula is C9H5F2NO. The normalized spacial score (nSPS) is 8.77. The van der Waals surface area contributed by atoms with E-state index in [0.29, 0.717) is 0 Å². The molecule has 0 unspecified atom stereocenters. The minimum absolute atomic E-state index is 0.00764. The fraction of sp³-hybridized carbons (Fsp3) is 0. The number of rotatable bonds is 0. The molecule has 2 N–H and O–H groups in total. The van der Waals surface area contributed by atoms with Crippen molar-refractivity contribution in [1.82, 2.24) is 0 Å². The summed E-state index contributed by atoms with van der Waals surface area (Å²) in [7, 11) is 0. The first-order chi connectivity index (χ1) is 6.16. The average molecular weight is 181 g/mol. The van der Waals surface area contributed by atoms with Gasteiger partial charge in [0.2, 0.25) is 0 Å². The van der Waals surface area contributed by atoms with Gasteiger partial charge in [0, 0.05) is 0 Å². The summed E-state index contributed by atoms with van der Waals surface area (Å²) in [5.41, 5.74) is 5.03. The lowest BCUT2D eigenvalue weighted by atomic mass is 10.1. The lowest BCUT2D eigenvalue weighted by Gasteiger charge is -1.99. The van der Waals surface area contributed by atoms with Crippen molar-refractivity contribution in [2.24, 2.45) is 0 Å². The van der Waals surface area contributed by atoms with E-state index in [1.165, 1.54) is 6.07 Å². The highest BCUT2D eigenvalue weighted by atomic mass is 19.2. The Morgan fingerprint density at radius 2 is 2.08 bits per heavy atom. The third kappa shape index (κ3) is 1.82. The van der Waals surface area contributed by atoms with Crippen molar-refractivity contribution in [2.45, 2.75) is 0 Å². The Bertz CT molecular complexity index is 404. The van der Waals surface area contributed by atoms with Crippen molar-refractivity contribution in [3.8, 4) is 11.8 Å². The van der Waals surface area contributed by atoms with Crippen LogP contribution >= 0.6 is 0 Å². The minimum atomic E-state index is -1.13. The van der Waals surface area contributed by atoms with E-state index in [-0.39, 0.29) is 17.5 Å². The number of aldehydes is 1. The molecule has 0 heterocycles. The number of halogens is 2. The molecule has 0 aliphatic rings. The van der Waals surface area contributed by atoms with Gasteiger partial charge in [0.05, 0.1) is 11.3 Å². The first-order valence-electron chi connectivity index (χ1n) is 3.35. The van der Waals surface area contributed by atoms with Crippen LogP contribution in [0.25, 0.3) is 0 Å². The van der Waals surface area contributed by atoms with E-state index >= 15 is 0 Å². The summed E-state index contributed by atoms with van der Waals surface area (Å²) >= 11 is 0. The van der Waals surface area contributed by atoms with Crippen LogP contribution in [0.5, 0.6) is 0 Å². The van der Waals surface area contributed by atoms with Gasteiger partial charge >= 0.3 is 0 Å². The number of hydrogen-bond donors (Lipinski definition) is 1. The molecule has 4 heteroatoms. The van der Waals surface area contributed by atoms with Gasteiger partial charge in [-0.3, -0.25) is 4.79 Å². The zero-order chi connectivity index (χ0) is 9.84. The van der Waals surface area contributed by atoms with Gasteiger partial charge in [0.15, 0.2) is 17.9 Å². The summed E-state index contributed by atoms with van der Waals surface area (Å²) in [6.45, 7) is 0. The van der Waals surface area contributed by atoms with Gasteiger partial charge in [0.25, 0.3) is 0 Å². The Labute approximate surface area is 73.4 Å². The fourth-order valence-corrected chi connectivity index (χ4v) is 0.794. The summed E-state index contributed by atoms with van der Waals surface area (Å²) in [5.74, 6) is 1.90. The first-order valence-corrected chi connectivity index (χ1v) is 3.35. The van der Waals surface area contributed by atoms with E-state index in [4.69, 9.17) is 5.73 Å². The Morgan fingerprint density at radius 3 is 2.69 bits per heavy atom. The molecule has 0 atom stereocenters. The number of hydrogen-bond acceptors (Lipinski definition) is 2. The molecule has 0 amide bonds. The summed E-state index contributed by atoms with van der Waals surface area (Å²) < 4.78 is 25.5. The number of carbonyl (C=O) groups excluding carboxylic acids is 1. The quantitative estimate of drug-likeness (QED) is 0.370. The maximum atomic E-state index is 12.9. The van der Waals surface area contributed by atoms with Gasteiger partial charge in [-0.15, -0.1) is 0 Å². The molecule has 13 heavy (non-hydrogen) atoms. The smallest absolute Gasteiger partial charge is 0.193 e. The van der Waals surface area contributed by atoms with Crippen molar-refractivity contribution < 1.29 is 13.6 Å². The Hall–Kier alpha value is -1.89. The van der Waals surface area contributed by atoms with Crippen LogP contribution in [0.15, 0.2) is 12.1 Å². The highest BCUT2D eigenvalue weighted by Gasteiger charge is 2.08. The molecular weight excluding hydrogens is 176 g/mol. The van der Waals surface area contributed by atoms with E-state index in [9.17, 15) is 13.6 Å². The third-order valence-electron chi connectivity index (χ3n) is 1.38. The molecule has 0 aliphatic carbocycles. The molecule has 0 radical (unpaired) electrons. The van der Waals surface area contributed by atoms with Crippen molar-refractivity contribution in [1.29, 1.82) is 0 Å². The van der Waals surface area contributed by atoms with Crippen molar-refractivity contribution in [2.75, 3.05) is 5.73 Å². The maximum Gasteiger partial charge on any atom is 0.193 e. The summed E-state index contributed by atoms with van der Waals surface area (Å²) in [5, 5.41) is 0. The molecule has 1 aromatic rings. The van der Waals surface area contributed by atoms with Gasteiger partial charge in [-0.05, 0) is 18.1 Å². The predicted octanol–water partition coefficient (Wildman–Crippen LogP) is 1.10. The van der Waals surface area contributed by atoms with Crippen molar-refractivity contribution >= 4 is 12.0 Å². The molecule has 0 bridgehead atoms. The fourth-order valence-electron chi connectivity index (χ4n) is 0.794. The monoisotopic (exact) mass is 181 g/mol. The van der Waals surface area contributed by atoms with E-state index in [0.717, 1.165) is 6.07 Å². The van der Waals surface area contributed by atoms with Crippen LogP contribution in [0.1, 0.15) is 5.56 Å². The highest BCUT2D eigenvalue weighted by molar-refractivity contribution is 5.75. The predicted molar refractivity (Wildman–Crippen MR) is 43.7 cm³/mol. The molecule has 0 aliphatic heterocycles. The molecule has 1 aromatic carbocycles. The molecule has 0 aromatic heterocycles. The van der Waals surface area contributed by atoms with Crippen LogP contribution in [0.2, 0.25) is 0 Å². The first kappa shape index (κ1) is 9.20. The van der Waals surface area contributed by atoms with Crippen molar-refractivity contribution in [3.63, 3.8) is 0 Å². The largest absolute Gasteiger partial charge is 0.398 e. The Kier molecular flexibility index (Phi) is 2.60. The maximum absolute atomic E-state index is 12.9. The second-order valence-electron chi connectivity index (χ2n) is 2.21. The number of nitrogens with two attached hydrogens (primary N) is 1. The minimum Gasteiger partial charge on any atom is -0.398 e. The van der Waals surface area contributed by atoms with E-state index in [1.54, 1.807) is 0 Å². The summed E-state index contributed by atoms with van der Waals surface area (Å²) in [6.07, 6.45) is 0.282. The van der Waals surface area contributed by atoms with Crippen LogP contribution in [-0.4, -0.2) is 6.29 Å².